The number of amides is 1. The fraction of sp³-hybridized carbons (Fsp3) is 0.400. The van der Waals surface area contributed by atoms with Gasteiger partial charge in [0.2, 0.25) is 5.91 Å². The highest BCUT2D eigenvalue weighted by Gasteiger charge is 2.09. The van der Waals surface area contributed by atoms with E-state index in [0.717, 1.165) is 0 Å². The van der Waals surface area contributed by atoms with Crippen molar-refractivity contribution < 1.29 is 19.5 Å². The van der Waals surface area contributed by atoms with Crippen molar-refractivity contribution in [2.24, 2.45) is 0 Å². The quantitative estimate of drug-likeness (QED) is 0.461. The SMILES string of the molecule is Cc1[nH]c(=O)[nH]c(=O)c1CCC(=O)NOCC(=O)O. The Bertz CT molecular complexity index is 588. The standard InChI is InChI=1S/C10H13N3O6/c1-5-6(9(17)12-10(18)11-5)2-3-7(14)13-19-4-8(15)16/h2-4H2,1H3,(H,13,14)(H,15,16)(H2,11,12,17,18). The Kier molecular flexibility index (Phi) is 5.01. The molecule has 9 nitrogen and oxygen atoms in total. The van der Waals surface area contributed by atoms with E-state index in [1.807, 2.05) is 5.48 Å². The van der Waals surface area contributed by atoms with Crippen LogP contribution in [-0.4, -0.2) is 33.6 Å². The predicted octanol–water partition coefficient (Wildman–Crippen LogP) is -1.56. The normalized spacial score (nSPS) is 10.2. The van der Waals surface area contributed by atoms with Gasteiger partial charge in [-0.3, -0.25) is 19.4 Å². The summed E-state index contributed by atoms with van der Waals surface area (Å²) in [6.07, 6.45) is 0.0236. The maximum absolute atomic E-state index is 11.5. The number of carbonyl (C=O) groups excluding carboxylic acids is 1. The lowest BCUT2D eigenvalue weighted by Gasteiger charge is -2.05. The maximum Gasteiger partial charge on any atom is 0.332 e. The van der Waals surface area contributed by atoms with Crippen molar-refractivity contribution >= 4 is 11.9 Å². The number of aromatic amines is 2. The van der Waals surface area contributed by atoms with Crippen LogP contribution in [0, 0.1) is 6.92 Å². The van der Waals surface area contributed by atoms with Gasteiger partial charge in [0.25, 0.3) is 5.56 Å². The van der Waals surface area contributed by atoms with E-state index in [4.69, 9.17) is 5.11 Å². The maximum atomic E-state index is 11.5. The molecule has 1 aromatic heterocycles. The van der Waals surface area contributed by atoms with Gasteiger partial charge in [0, 0.05) is 17.7 Å². The molecule has 1 rings (SSSR count). The molecule has 1 aromatic rings. The van der Waals surface area contributed by atoms with E-state index in [1.165, 1.54) is 0 Å². The Morgan fingerprint density at radius 2 is 2.00 bits per heavy atom. The minimum absolute atomic E-state index is 0.0738. The topological polar surface area (TPSA) is 141 Å². The third-order valence-corrected chi connectivity index (χ3v) is 2.24. The monoisotopic (exact) mass is 271 g/mol. The van der Waals surface area contributed by atoms with Crippen LogP contribution in [0.3, 0.4) is 0 Å². The van der Waals surface area contributed by atoms with Crippen molar-refractivity contribution in [3.05, 3.63) is 32.1 Å². The molecule has 104 valence electrons. The number of hydrogen-bond donors (Lipinski definition) is 4. The molecule has 4 N–H and O–H groups in total. The third kappa shape index (κ3) is 4.76. The van der Waals surface area contributed by atoms with Crippen LogP contribution >= 0.6 is 0 Å². The minimum atomic E-state index is -1.21. The molecule has 0 radical (unpaired) electrons. The molecular formula is C10H13N3O6. The first-order valence-electron chi connectivity index (χ1n) is 5.34. The van der Waals surface area contributed by atoms with Gasteiger partial charge >= 0.3 is 11.7 Å². The first-order valence-corrected chi connectivity index (χ1v) is 5.34. The summed E-state index contributed by atoms with van der Waals surface area (Å²) < 4.78 is 0. The van der Waals surface area contributed by atoms with Gasteiger partial charge in [-0.2, -0.15) is 0 Å². The van der Waals surface area contributed by atoms with Crippen LogP contribution in [0.1, 0.15) is 17.7 Å². The fourth-order valence-corrected chi connectivity index (χ4v) is 1.39. The zero-order chi connectivity index (χ0) is 14.4. The average Bonchev–Trinajstić information content (AvgIpc) is 2.26. The third-order valence-electron chi connectivity index (χ3n) is 2.24. The van der Waals surface area contributed by atoms with Crippen LogP contribution in [0.25, 0.3) is 0 Å². The lowest BCUT2D eigenvalue weighted by Crippen LogP contribution is -2.30. The summed E-state index contributed by atoms with van der Waals surface area (Å²) in [5.41, 5.74) is 1.43. The summed E-state index contributed by atoms with van der Waals surface area (Å²) in [5, 5.41) is 8.28. The number of aliphatic carboxylic acids is 1. The van der Waals surface area contributed by atoms with Gasteiger partial charge in [-0.1, -0.05) is 0 Å². The van der Waals surface area contributed by atoms with Crippen molar-refractivity contribution in [1.29, 1.82) is 0 Å². The lowest BCUT2D eigenvalue weighted by molar-refractivity contribution is -0.149. The largest absolute Gasteiger partial charge is 0.479 e. The summed E-state index contributed by atoms with van der Waals surface area (Å²) >= 11 is 0. The highest BCUT2D eigenvalue weighted by atomic mass is 16.7. The molecule has 0 saturated heterocycles. The van der Waals surface area contributed by atoms with Crippen LogP contribution in [0.5, 0.6) is 0 Å². The molecule has 1 heterocycles. The van der Waals surface area contributed by atoms with E-state index in [9.17, 15) is 19.2 Å². The highest BCUT2D eigenvalue weighted by Crippen LogP contribution is 1.99. The summed E-state index contributed by atoms with van der Waals surface area (Å²) in [7, 11) is 0. The molecule has 0 aliphatic heterocycles. The molecule has 0 unspecified atom stereocenters. The molecule has 0 aliphatic carbocycles. The molecular weight excluding hydrogens is 258 g/mol. The summed E-state index contributed by atoms with van der Waals surface area (Å²) in [6.45, 7) is 0.898. The number of carbonyl (C=O) groups is 2. The molecule has 0 atom stereocenters. The number of H-pyrrole nitrogens is 2. The Morgan fingerprint density at radius 1 is 1.32 bits per heavy atom. The number of aryl methyl sites for hydroxylation is 1. The van der Waals surface area contributed by atoms with Crippen LogP contribution in [0.15, 0.2) is 9.59 Å². The Hall–Kier alpha value is -2.42. The second-order valence-electron chi connectivity index (χ2n) is 3.72. The van der Waals surface area contributed by atoms with Crippen molar-refractivity contribution in [2.75, 3.05) is 6.61 Å². The number of carboxylic acids is 1. The van der Waals surface area contributed by atoms with Crippen LogP contribution in [0.4, 0.5) is 0 Å². The summed E-state index contributed by atoms with van der Waals surface area (Å²) in [5.74, 6) is -1.78. The Labute approximate surface area is 106 Å². The first-order chi connectivity index (χ1) is 8.90. The van der Waals surface area contributed by atoms with Gasteiger partial charge in [-0.15, -0.1) is 0 Å². The van der Waals surface area contributed by atoms with Gasteiger partial charge in [-0.25, -0.2) is 15.1 Å². The van der Waals surface area contributed by atoms with Crippen molar-refractivity contribution in [1.82, 2.24) is 15.4 Å². The number of hydrogen-bond acceptors (Lipinski definition) is 5. The molecule has 0 bridgehead atoms. The molecule has 0 fully saturated rings. The molecule has 0 aliphatic rings. The van der Waals surface area contributed by atoms with Crippen molar-refractivity contribution in [3.8, 4) is 0 Å². The summed E-state index contributed by atoms with van der Waals surface area (Å²) in [6, 6.07) is 0. The van der Waals surface area contributed by atoms with Crippen LogP contribution in [-0.2, 0) is 20.8 Å². The van der Waals surface area contributed by atoms with E-state index in [2.05, 4.69) is 14.8 Å². The average molecular weight is 271 g/mol. The van der Waals surface area contributed by atoms with Crippen LogP contribution < -0.4 is 16.7 Å². The van der Waals surface area contributed by atoms with Crippen LogP contribution in [0.2, 0.25) is 0 Å². The smallest absolute Gasteiger partial charge is 0.332 e. The van der Waals surface area contributed by atoms with Gasteiger partial charge in [-0.05, 0) is 13.3 Å². The first kappa shape index (κ1) is 14.6. The van der Waals surface area contributed by atoms with E-state index >= 15 is 0 Å². The molecule has 0 saturated carbocycles. The van der Waals surface area contributed by atoms with E-state index < -0.39 is 29.7 Å². The predicted molar refractivity (Wildman–Crippen MR) is 62.5 cm³/mol. The van der Waals surface area contributed by atoms with Crippen molar-refractivity contribution in [3.63, 3.8) is 0 Å². The Morgan fingerprint density at radius 3 is 2.58 bits per heavy atom. The number of rotatable bonds is 6. The van der Waals surface area contributed by atoms with E-state index in [1.54, 1.807) is 6.92 Å². The fourth-order valence-electron chi connectivity index (χ4n) is 1.39. The van der Waals surface area contributed by atoms with Gasteiger partial charge < -0.3 is 10.1 Å². The molecule has 1 amide bonds. The lowest BCUT2D eigenvalue weighted by atomic mass is 10.1. The Balaban J connectivity index is 2.53. The molecule has 0 spiro atoms. The second-order valence-corrected chi connectivity index (χ2v) is 3.72. The molecule has 0 aromatic carbocycles. The van der Waals surface area contributed by atoms with Crippen molar-refractivity contribution in [2.45, 2.75) is 19.8 Å². The number of hydroxylamine groups is 1. The van der Waals surface area contributed by atoms with E-state index in [0.29, 0.717) is 5.69 Å². The zero-order valence-corrected chi connectivity index (χ0v) is 10.1. The summed E-state index contributed by atoms with van der Waals surface area (Å²) in [4.78, 5) is 52.6. The minimum Gasteiger partial charge on any atom is -0.479 e. The number of nitrogens with one attached hydrogen (secondary N) is 3. The second kappa shape index (κ2) is 6.50. The van der Waals surface area contributed by atoms with Gasteiger partial charge in [0.15, 0.2) is 6.61 Å². The molecule has 9 heteroatoms. The number of aromatic nitrogens is 2. The van der Waals surface area contributed by atoms with Gasteiger partial charge in [0.05, 0.1) is 0 Å². The highest BCUT2D eigenvalue weighted by molar-refractivity contribution is 5.75. The van der Waals surface area contributed by atoms with Gasteiger partial charge in [0.1, 0.15) is 0 Å². The number of carboxylic acid groups (broad SMARTS) is 1. The molecule has 19 heavy (non-hydrogen) atoms. The zero-order valence-electron chi connectivity index (χ0n) is 10.1. The van der Waals surface area contributed by atoms with E-state index in [-0.39, 0.29) is 18.4 Å².